The molecule has 1 amide bonds. The van der Waals surface area contributed by atoms with Crippen molar-refractivity contribution in [3.8, 4) is 0 Å². The first-order valence-electron chi connectivity index (χ1n) is 6.46. The SMILES string of the molecule is CC[C@@H](C)N1C(=O)/C(=C/c2ccccc2[N+](=O)[O-])SC1=S. The van der Waals surface area contributed by atoms with Crippen LogP contribution in [-0.2, 0) is 4.79 Å². The van der Waals surface area contributed by atoms with E-state index in [2.05, 4.69) is 0 Å². The fourth-order valence-electron chi connectivity index (χ4n) is 1.96. The lowest BCUT2D eigenvalue weighted by Crippen LogP contribution is -2.36. The van der Waals surface area contributed by atoms with Crippen LogP contribution in [0.4, 0.5) is 5.69 Å². The predicted octanol–water partition coefficient (Wildman–Crippen LogP) is 3.59. The number of nitro benzene ring substituents is 1. The molecule has 0 saturated carbocycles. The van der Waals surface area contributed by atoms with Gasteiger partial charge in [-0.25, -0.2) is 0 Å². The highest BCUT2D eigenvalue weighted by Gasteiger charge is 2.35. The van der Waals surface area contributed by atoms with Crippen LogP contribution < -0.4 is 0 Å². The average Bonchev–Trinajstić information content (AvgIpc) is 2.73. The third-order valence-electron chi connectivity index (χ3n) is 3.28. The van der Waals surface area contributed by atoms with Crippen LogP contribution in [0.1, 0.15) is 25.8 Å². The second-order valence-corrected chi connectivity index (χ2v) is 6.30. The Bertz CT molecular complexity index is 643. The number of thioether (sulfide) groups is 1. The molecule has 2 rings (SSSR count). The number of nitro groups is 1. The Morgan fingerprint density at radius 2 is 2.14 bits per heavy atom. The Kier molecular flexibility index (Phi) is 4.74. The summed E-state index contributed by atoms with van der Waals surface area (Å²) >= 11 is 6.42. The molecule has 0 aliphatic carbocycles. The van der Waals surface area contributed by atoms with E-state index >= 15 is 0 Å². The van der Waals surface area contributed by atoms with Crippen molar-refractivity contribution in [3.05, 3.63) is 44.8 Å². The van der Waals surface area contributed by atoms with Crippen molar-refractivity contribution in [1.82, 2.24) is 4.90 Å². The molecular weight excluding hydrogens is 308 g/mol. The van der Waals surface area contributed by atoms with Gasteiger partial charge in [-0.05, 0) is 25.5 Å². The monoisotopic (exact) mass is 322 g/mol. The fourth-order valence-corrected chi connectivity index (χ4v) is 3.41. The highest BCUT2D eigenvalue weighted by molar-refractivity contribution is 8.26. The second kappa shape index (κ2) is 6.36. The highest BCUT2D eigenvalue weighted by atomic mass is 32.2. The number of rotatable bonds is 4. The van der Waals surface area contributed by atoms with Crippen LogP contribution >= 0.6 is 24.0 Å². The van der Waals surface area contributed by atoms with Crippen molar-refractivity contribution in [2.45, 2.75) is 26.3 Å². The summed E-state index contributed by atoms with van der Waals surface area (Å²) in [7, 11) is 0. The summed E-state index contributed by atoms with van der Waals surface area (Å²) in [6.45, 7) is 3.91. The third kappa shape index (κ3) is 3.14. The molecule has 1 heterocycles. The fraction of sp³-hybridized carbons (Fsp3) is 0.286. The zero-order chi connectivity index (χ0) is 15.6. The molecule has 1 saturated heterocycles. The van der Waals surface area contributed by atoms with Crippen LogP contribution in [0, 0.1) is 10.1 Å². The number of benzene rings is 1. The molecule has 7 heteroatoms. The molecular formula is C14H14N2O3S2. The Hall–Kier alpha value is -1.73. The molecule has 1 atom stereocenters. The van der Waals surface area contributed by atoms with Gasteiger partial charge in [0.1, 0.15) is 4.32 Å². The minimum atomic E-state index is -0.457. The number of amides is 1. The first kappa shape index (κ1) is 15.7. The van der Waals surface area contributed by atoms with Crippen molar-refractivity contribution in [3.63, 3.8) is 0 Å². The molecule has 110 valence electrons. The van der Waals surface area contributed by atoms with E-state index in [1.807, 2.05) is 13.8 Å². The van der Waals surface area contributed by atoms with E-state index in [1.54, 1.807) is 29.2 Å². The van der Waals surface area contributed by atoms with Crippen LogP contribution in [0.3, 0.4) is 0 Å². The van der Waals surface area contributed by atoms with Crippen LogP contribution in [-0.4, -0.2) is 26.1 Å². The van der Waals surface area contributed by atoms with E-state index in [1.165, 1.54) is 17.8 Å². The normalized spacial score (nSPS) is 18.4. The molecule has 0 radical (unpaired) electrons. The number of carbonyl (C=O) groups excluding carboxylic acids is 1. The lowest BCUT2D eigenvalue weighted by atomic mass is 10.1. The van der Waals surface area contributed by atoms with E-state index in [0.29, 0.717) is 14.8 Å². The summed E-state index contributed by atoms with van der Waals surface area (Å²) in [6, 6.07) is 6.36. The van der Waals surface area contributed by atoms with E-state index in [-0.39, 0.29) is 17.6 Å². The quantitative estimate of drug-likeness (QED) is 0.367. The topological polar surface area (TPSA) is 63.5 Å². The van der Waals surface area contributed by atoms with Crippen molar-refractivity contribution >= 4 is 46.0 Å². The number of thiocarbonyl (C=S) groups is 1. The lowest BCUT2D eigenvalue weighted by Gasteiger charge is -2.21. The minimum Gasteiger partial charge on any atom is -0.290 e. The number of para-hydroxylation sites is 1. The summed E-state index contributed by atoms with van der Waals surface area (Å²) in [4.78, 5) is 24.9. The number of hydrogen-bond acceptors (Lipinski definition) is 5. The van der Waals surface area contributed by atoms with Gasteiger partial charge in [-0.2, -0.15) is 0 Å². The van der Waals surface area contributed by atoms with Crippen LogP contribution in [0.2, 0.25) is 0 Å². The van der Waals surface area contributed by atoms with E-state index in [0.717, 1.165) is 6.42 Å². The second-order valence-electron chi connectivity index (χ2n) is 4.62. The van der Waals surface area contributed by atoms with Gasteiger partial charge in [0, 0.05) is 12.1 Å². The molecule has 1 aliphatic heterocycles. The summed E-state index contributed by atoms with van der Waals surface area (Å²) in [5.74, 6) is -0.183. The van der Waals surface area contributed by atoms with E-state index in [9.17, 15) is 14.9 Å². The Balaban J connectivity index is 2.38. The predicted molar refractivity (Wildman–Crippen MR) is 87.9 cm³/mol. The van der Waals surface area contributed by atoms with Crippen molar-refractivity contribution in [2.24, 2.45) is 0 Å². The molecule has 21 heavy (non-hydrogen) atoms. The van der Waals surface area contributed by atoms with Crippen molar-refractivity contribution in [1.29, 1.82) is 0 Å². The number of carbonyl (C=O) groups is 1. The highest BCUT2D eigenvalue weighted by Crippen LogP contribution is 2.35. The minimum absolute atomic E-state index is 0.0219. The number of hydrogen-bond donors (Lipinski definition) is 0. The van der Waals surface area contributed by atoms with Gasteiger partial charge in [-0.3, -0.25) is 19.8 Å². The molecule has 0 aromatic heterocycles. The molecule has 0 unspecified atom stereocenters. The zero-order valence-corrected chi connectivity index (χ0v) is 13.2. The van der Waals surface area contributed by atoms with Gasteiger partial charge in [-0.1, -0.05) is 43.0 Å². The molecule has 1 fully saturated rings. The maximum atomic E-state index is 12.4. The summed E-state index contributed by atoms with van der Waals surface area (Å²) in [5.41, 5.74) is 0.387. The van der Waals surface area contributed by atoms with E-state index in [4.69, 9.17) is 12.2 Å². The Labute approximate surface area is 132 Å². The maximum absolute atomic E-state index is 12.4. The van der Waals surface area contributed by atoms with Gasteiger partial charge < -0.3 is 0 Å². The molecule has 0 spiro atoms. The van der Waals surface area contributed by atoms with Crippen LogP contribution in [0.5, 0.6) is 0 Å². The summed E-state index contributed by atoms with van der Waals surface area (Å²) in [6.07, 6.45) is 2.34. The van der Waals surface area contributed by atoms with Gasteiger partial charge in [0.2, 0.25) is 0 Å². The molecule has 5 nitrogen and oxygen atoms in total. The molecule has 1 aromatic carbocycles. The first-order chi connectivity index (χ1) is 9.95. The summed E-state index contributed by atoms with van der Waals surface area (Å²) in [5, 5.41) is 11.0. The third-order valence-corrected chi connectivity index (χ3v) is 4.61. The van der Waals surface area contributed by atoms with Crippen LogP contribution in [0.25, 0.3) is 6.08 Å². The molecule has 0 bridgehead atoms. The lowest BCUT2D eigenvalue weighted by molar-refractivity contribution is -0.385. The van der Waals surface area contributed by atoms with Crippen LogP contribution in [0.15, 0.2) is 29.2 Å². The maximum Gasteiger partial charge on any atom is 0.276 e. The average molecular weight is 322 g/mol. The molecule has 1 aromatic rings. The largest absolute Gasteiger partial charge is 0.290 e. The van der Waals surface area contributed by atoms with E-state index < -0.39 is 4.92 Å². The van der Waals surface area contributed by atoms with Crippen molar-refractivity contribution < 1.29 is 9.72 Å². The summed E-state index contributed by atoms with van der Waals surface area (Å²) < 4.78 is 0.499. The first-order valence-corrected chi connectivity index (χ1v) is 7.68. The smallest absolute Gasteiger partial charge is 0.276 e. The van der Waals surface area contributed by atoms with Gasteiger partial charge in [0.25, 0.3) is 11.6 Å². The van der Waals surface area contributed by atoms with Crippen molar-refractivity contribution in [2.75, 3.05) is 0 Å². The van der Waals surface area contributed by atoms with Gasteiger partial charge >= 0.3 is 0 Å². The molecule has 1 aliphatic rings. The number of nitrogens with zero attached hydrogens (tertiary/aromatic N) is 2. The Morgan fingerprint density at radius 3 is 2.76 bits per heavy atom. The molecule has 0 N–H and O–H groups in total. The van der Waals surface area contributed by atoms with Gasteiger partial charge in [-0.15, -0.1) is 0 Å². The standard InChI is InChI=1S/C14H14N2O3S2/c1-3-9(2)15-13(17)12(21-14(15)20)8-10-6-4-5-7-11(10)16(18)19/h4-9H,3H2,1-2H3/b12-8-/t9-/m1/s1. The van der Waals surface area contributed by atoms with Gasteiger partial charge in [0.05, 0.1) is 15.4 Å². The van der Waals surface area contributed by atoms with Gasteiger partial charge in [0.15, 0.2) is 0 Å². The Morgan fingerprint density at radius 1 is 1.48 bits per heavy atom. The zero-order valence-electron chi connectivity index (χ0n) is 11.6.